The molecular formula is C28H30N6O2. The molecule has 1 saturated carbocycles. The molecule has 5 rings (SSSR count). The van der Waals surface area contributed by atoms with Gasteiger partial charge in [-0.05, 0) is 43.0 Å². The Hall–Kier alpha value is -4.04. The smallest absolute Gasteiger partial charge is 0.325 e. The summed E-state index contributed by atoms with van der Waals surface area (Å²) in [7, 11) is 1.36. The maximum Gasteiger partial charge on any atom is 0.325 e. The van der Waals surface area contributed by atoms with Crippen LogP contribution in [0.25, 0.3) is 33.4 Å². The first-order chi connectivity index (χ1) is 17.6. The van der Waals surface area contributed by atoms with E-state index in [0.29, 0.717) is 30.7 Å². The Bertz CT molecular complexity index is 1340. The number of nitrogens with one attached hydrogen (secondary N) is 1. The lowest BCUT2D eigenvalue weighted by Crippen LogP contribution is -2.36. The van der Waals surface area contributed by atoms with Crippen LogP contribution < -0.4 is 16.0 Å². The van der Waals surface area contributed by atoms with Gasteiger partial charge in [0.05, 0.1) is 12.8 Å². The van der Waals surface area contributed by atoms with Gasteiger partial charge in [-0.2, -0.15) is 4.98 Å². The Morgan fingerprint density at radius 1 is 1.08 bits per heavy atom. The summed E-state index contributed by atoms with van der Waals surface area (Å²) in [5.74, 6) is 0.0140. The summed E-state index contributed by atoms with van der Waals surface area (Å²) in [4.78, 5) is 27.8. The van der Waals surface area contributed by atoms with Crippen molar-refractivity contribution in [2.75, 3.05) is 37.0 Å². The summed E-state index contributed by atoms with van der Waals surface area (Å²) < 4.78 is 4.82. The predicted octanol–water partition coefficient (Wildman–Crippen LogP) is 4.26. The normalized spacial score (nSPS) is 13.3. The maximum absolute atomic E-state index is 11.9. The Labute approximate surface area is 210 Å². The van der Waals surface area contributed by atoms with Crippen molar-refractivity contribution in [2.45, 2.75) is 25.3 Å². The molecule has 2 heterocycles. The zero-order chi connectivity index (χ0) is 24.9. The molecule has 0 bridgehead atoms. The number of rotatable bonds is 9. The number of carbonyl (C=O) groups is 1. The number of esters is 1. The zero-order valence-corrected chi connectivity index (χ0v) is 20.4. The van der Waals surface area contributed by atoms with Crippen LogP contribution in [0, 0.1) is 0 Å². The quantitative estimate of drug-likeness (QED) is 0.341. The molecular weight excluding hydrogens is 452 g/mol. The first-order valence-electron chi connectivity index (χ1n) is 12.3. The zero-order valence-electron chi connectivity index (χ0n) is 20.4. The molecule has 3 N–H and O–H groups in total. The summed E-state index contributed by atoms with van der Waals surface area (Å²) in [6.07, 6.45) is 5.49. The summed E-state index contributed by atoms with van der Waals surface area (Å²) in [5.41, 5.74) is 11.4. The molecule has 2 aromatic heterocycles. The van der Waals surface area contributed by atoms with Gasteiger partial charge in [0.15, 0.2) is 5.65 Å². The summed E-state index contributed by atoms with van der Waals surface area (Å²) in [5, 5.41) is 4.41. The standard InChI is InChI=1S/C28H30N6O2/c1-36-25(35)18-34(15-14-29)28-30-17-21-16-24(19-6-3-2-4-7-19)26(32-27(21)33-28)20-10-12-23(13-11-20)31-22-8-5-9-22/h2-4,6-7,10-13,16-17,22,31H,5,8-9,14-15,18,29H2,1H3. The summed E-state index contributed by atoms with van der Waals surface area (Å²) in [6.45, 7) is 0.792. The number of carbonyl (C=O) groups excluding carboxylic acids is 1. The number of hydrogen-bond donors (Lipinski definition) is 2. The van der Waals surface area contributed by atoms with E-state index in [0.717, 1.165) is 33.5 Å². The number of aromatic nitrogens is 3. The van der Waals surface area contributed by atoms with Crippen molar-refractivity contribution < 1.29 is 9.53 Å². The van der Waals surface area contributed by atoms with Gasteiger partial charge in [0, 0.05) is 47.5 Å². The number of anilines is 2. The third-order valence-electron chi connectivity index (χ3n) is 6.50. The van der Waals surface area contributed by atoms with Gasteiger partial charge in [0.1, 0.15) is 6.54 Å². The molecule has 8 nitrogen and oxygen atoms in total. The predicted molar refractivity (Wildman–Crippen MR) is 143 cm³/mol. The van der Waals surface area contributed by atoms with E-state index >= 15 is 0 Å². The molecule has 0 spiro atoms. The van der Waals surface area contributed by atoms with Gasteiger partial charge >= 0.3 is 5.97 Å². The molecule has 36 heavy (non-hydrogen) atoms. The largest absolute Gasteiger partial charge is 0.468 e. The molecule has 8 heteroatoms. The lowest BCUT2D eigenvalue weighted by Gasteiger charge is -2.27. The maximum atomic E-state index is 11.9. The third-order valence-corrected chi connectivity index (χ3v) is 6.50. The van der Waals surface area contributed by atoms with Gasteiger partial charge in [-0.15, -0.1) is 0 Å². The van der Waals surface area contributed by atoms with E-state index in [1.165, 1.54) is 26.4 Å². The second-order valence-corrected chi connectivity index (χ2v) is 8.97. The number of pyridine rings is 1. The molecule has 0 amide bonds. The Balaban J connectivity index is 1.56. The third kappa shape index (κ3) is 5.13. The number of fused-ring (bicyclic) bond motifs is 1. The highest BCUT2D eigenvalue weighted by Gasteiger charge is 2.19. The fraction of sp³-hybridized carbons (Fsp3) is 0.286. The van der Waals surface area contributed by atoms with Crippen LogP contribution in [0.1, 0.15) is 19.3 Å². The van der Waals surface area contributed by atoms with Crippen molar-refractivity contribution in [1.29, 1.82) is 0 Å². The van der Waals surface area contributed by atoms with Crippen LogP contribution in [0.2, 0.25) is 0 Å². The second kappa shape index (κ2) is 10.7. The van der Waals surface area contributed by atoms with Gasteiger partial charge in [-0.3, -0.25) is 4.79 Å². The highest BCUT2D eigenvalue weighted by Crippen LogP contribution is 2.34. The van der Waals surface area contributed by atoms with E-state index in [-0.39, 0.29) is 12.5 Å². The highest BCUT2D eigenvalue weighted by atomic mass is 16.5. The fourth-order valence-electron chi connectivity index (χ4n) is 4.30. The van der Waals surface area contributed by atoms with Crippen LogP contribution in [0.5, 0.6) is 0 Å². The Kier molecular flexibility index (Phi) is 7.04. The van der Waals surface area contributed by atoms with Gasteiger partial charge in [-0.1, -0.05) is 42.5 Å². The molecule has 0 radical (unpaired) electrons. The van der Waals surface area contributed by atoms with Crippen LogP contribution in [0.3, 0.4) is 0 Å². The average Bonchev–Trinajstić information content (AvgIpc) is 2.90. The van der Waals surface area contributed by atoms with Crippen molar-refractivity contribution in [1.82, 2.24) is 15.0 Å². The van der Waals surface area contributed by atoms with Crippen LogP contribution in [-0.4, -0.2) is 53.7 Å². The Morgan fingerprint density at radius 2 is 1.86 bits per heavy atom. The number of methoxy groups -OCH3 is 1. The molecule has 4 aromatic rings. The molecule has 2 aromatic carbocycles. The monoisotopic (exact) mass is 482 g/mol. The van der Waals surface area contributed by atoms with E-state index in [9.17, 15) is 4.79 Å². The second-order valence-electron chi connectivity index (χ2n) is 8.97. The number of nitrogens with two attached hydrogens (primary N) is 1. The van der Waals surface area contributed by atoms with Gasteiger partial charge in [0.25, 0.3) is 0 Å². The SMILES string of the molecule is COC(=O)CN(CCN)c1ncc2cc(-c3ccccc3)c(-c3ccc(NC4CCC4)cc3)nc2n1. The molecule has 1 aliphatic rings. The Morgan fingerprint density at radius 3 is 2.53 bits per heavy atom. The number of nitrogens with zero attached hydrogens (tertiary/aromatic N) is 4. The van der Waals surface area contributed by atoms with Gasteiger partial charge in [-0.25, -0.2) is 9.97 Å². The minimum Gasteiger partial charge on any atom is -0.468 e. The van der Waals surface area contributed by atoms with Crippen LogP contribution in [-0.2, 0) is 9.53 Å². The lowest BCUT2D eigenvalue weighted by atomic mass is 9.93. The topological polar surface area (TPSA) is 106 Å². The molecule has 1 fully saturated rings. The minimum absolute atomic E-state index is 0.0175. The van der Waals surface area contributed by atoms with Gasteiger partial charge in [0.2, 0.25) is 5.95 Å². The number of benzene rings is 2. The fourth-order valence-corrected chi connectivity index (χ4v) is 4.30. The molecule has 184 valence electrons. The van der Waals surface area contributed by atoms with Crippen molar-refractivity contribution in [3.8, 4) is 22.4 Å². The average molecular weight is 483 g/mol. The van der Waals surface area contributed by atoms with Crippen LogP contribution in [0.15, 0.2) is 66.9 Å². The summed E-state index contributed by atoms with van der Waals surface area (Å²) in [6, 6.07) is 21.3. The van der Waals surface area contributed by atoms with Crippen molar-refractivity contribution in [3.05, 3.63) is 66.9 Å². The van der Waals surface area contributed by atoms with Crippen molar-refractivity contribution in [2.24, 2.45) is 5.73 Å². The minimum atomic E-state index is -0.379. The number of hydrogen-bond acceptors (Lipinski definition) is 8. The van der Waals surface area contributed by atoms with Crippen LogP contribution in [0.4, 0.5) is 11.6 Å². The highest BCUT2D eigenvalue weighted by molar-refractivity contribution is 5.90. The first-order valence-corrected chi connectivity index (χ1v) is 12.3. The van der Waals surface area contributed by atoms with E-state index in [2.05, 4.69) is 52.8 Å². The van der Waals surface area contributed by atoms with E-state index in [1.54, 1.807) is 11.1 Å². The number of ether oxygens (including phenoxy) is 1. The molecule has 0 saturated heterocycles. The van der Waals surface area contributed by atoms with E-state index < -0.39 is 0 Å². The van der Waals surface area contributed by atoms with Crippen molar-refractivity contribution >= 4 is 28.6 Å². The van der Waals surface area contributed by atoms with Crippen LogP contribution >= 0.6 is 0 Å². The molecule has 0 atom stereocenters. The van der Waals surface area contributed by atoms with Crippen molar-refractivity contribution in [3.63, 3.8) is 0 Å². The lowest BCUT2D eigenvalue weighted by molar-refractivity contribution is -0.138. The summed E-state index contributed by atoms with van der Waals surface area (Å²) >= 11 is 0. The first kappa shape index (κ1) is 23.7. The molecule has 0 aliphatic heterocycles. The molecule has 0 unspecified atom stereocenters. The van der Waals surface area contributed by atoms with Gasteiger partial charge < -0.3 is 20.7 Å². The van der Waals surface area contributed by atoms with E-state index in [1.807, 2.05) is 18.2 Å². The molecule has 1 aliphatic carbocycles. The van der Waals surface area contributed by atoms with E-state index in [4.69, 9.17) is 20.4 Å².